The van der Waals surface area contributed by atoms with Gasteiger partial charge in [0, 0.05) is 12.1 Å². The molecular formula is C14H16F2N2O4. The summed E-state index contributed by atoms with van der Waals surface area (Å²) in [6.07, 6.45) is -1.32. The molecule has 6 nitrogen and oxygen atoms in total. The van der Waals surface area contributed by atoms with Crippen molar-refractivity contribution in [1.29, 1.82) is 0 Å². The van der Waals surface area contributed by atoms with Crippen molar-refractivity contribution in [2.24, 2.45) is 0 Å². The molecule has 0 radical (unpaired) electrons. The fraction of sp³-hybridized carbons (Fsp3) is 0.357. The van der Waals surface area contributed by atoms with Crippen LogP contribution in [0.25, 0.3) is 0 Å². The molecule has 0 aliphatic heterocycles. The second kappa shape index (κ2) is 7.48. The number of carbonyl (C=O) groups is 3. The molecule has 0 saturated heterocycles. The van der Waals surface area contributed by atoms with Crippen molar-refractivity contribution in [3.05, 3.63) is 35.4 Å². The normalized spacial score (nSPS) is 11.7. The molecule has 1 atom stereocenters. The molecular weight excluding hydrogens is 298 g/mol. The van der Waals surface area contributed by atoms with Gasteiger partial charge in [-0.05, 0) is 32.9 Å². The van der Waals surface area contributed by atoms with Gasteiger partial charge in [0.1, 0.15) is 11.6 Å². The van der Waals surface area contributed by atoms with Crippen LogP contribution in [0.4, 0.5) is 13.6 Å². The van der Waals surface area contributed by atoms with E-state index >= 15 is 0 Å². The maximum absolute atomic E-state index is 13.4. The zero-order valence-corrected chi connectivity index (χ0v) is 12.3. The highest BCUT2D eigenvalue weighted by molar-refractivity contribution is 5.98. The zero-order valence-electron chi connectivity index (χ0n) is 12.3. The Bertz CT molecular complexity index is 590. The third-order valence-electron chi connectivity index (χ3n) is 2.46. The first-order valence-electron chi connectivity index (χ1n) is 6.48. The number of hydrogen-bond acceptors (Lipinski definition) is 4. The van der Waals surface area contributed by atoms with Gasteiger partial charge in [-0.3, -0.25) is 10.1 Å². The molecule has 0 aromatic heterocycles. The van der Waals surface area contributed by atoms with Gasteiger partial charge in [0.05, 0.1) is 5.56 Å². The molecule has 0 bridgehead atoms. The Morgan fingerprint density at radius 2 is 1.77 bits per heavy atom. The second-order valence-corrected chi connectivity index (χ2v) is 4.79. The molecule has 1 unspecified atom stereocenters. The lowest BCUT2D eigenvalue weighted by Gasteiger charge is -2.14. The van der Waals surface area contributed by atoms with Gasteiger partial charge in [-0.2, -0.15) is 0 Å². The SMILES string of the molecule is CC(C)NC(=O)NC(=O)C(C)OC(=O)c1ccc(F)cc1F. The molecule has 1 rings (SSSR count). The summed E-state index contributed by atoms with van der Waals surface area (Å²) in [5.41, 5.74) is -0.507. The van der Waals surface area contributed by atoms with E-state index in [2.05, 4.69) is 5.32 Å². The number of rotatable bonds is 4. The Morgan fingerprint density at radius 1 is 1.14 bits per heavy atom. The van der Waals surface area contributed by atoms with E-state index in [1.807, 2.05) is 5.32 Å². The van der Waals surface area contributed by atoms with Gasteiger partial charge < -0.3 is 10.1 Å². The molecule has 1 aromatic carbocycles. The number of esters is 1. The van der Waals surface area contributed by atoms with Gasteiger partial charge in [0.2, 0.25) is 0 Å². The average Bonchev–Trinajstić information content (AvgIpc) is 2.36. The third-order valence-corrected chi connectivity index (χ3v) is 2.46. The van der Waals surface area contributed by atoms with E-state index in [4.69, 9.17) is 4.74 Å². The van der Waals surface area contributed by atoms with Crippen molar-refractivity contribution in [2.45, 2.75) is 32.9 Å². The van der Waals surface area contributed by atoms with Gasteiger partial charge in [-0.1, -0.05) is 0 Å². The first-order chi connectivity index (χ1) is 10.2. The molecule has 0 saturated carbocycles. The molecule has 8 heteroatoms. The number of halogens is 2. The van der Waals surface area contributed by atoms with Crippen LogP contribution in [0.15, 0.2) is 18.2 Å². The van der Waals surface area contributed by atoms with Crippen molar-refractivity contribution >= 4 is 17.9 Å². The van der Waals surface area contributed by atoms with Gasteiger partial charge >= 0.3 is 12.0 Å². The predicted molar refractivity (Wildman–Crippen MR) is 73.0 cm³/mol. The molecule has 0 aliphatic rings. The largest absolute Gasteiger partial charge is 0.449 e. The van der Waals surface area contributed by atoms with Gasteiger partial charge in [-0.15, -0.1) is 0 Å². The Labute approximate surface area is 125 Å². The molecule has 120 valence electrons. The van der Waals surface area contributed by atoms with Crippen LogP contribution in [-0.4, -0.2) is 30.1 Å². The standard InChI is InChI=1S/C14H16F2N2O4/c1-7(2)17-14(21)18-12(19)8(3)22-13(20)10-5-4-9(15)6-11(10)16/h4-8H,1-3H3,(H2,17,18,19,21). The average molecular weight is 314 g/mol. The maximum Gasteiger partial charge on any atom is 0.341 e. The van der Waals surface area contributed by atoms with E-state index in [9.17, 15) is 23.2 Å². The van der Waals surface area contributed by atoms with E-state index in [1.54, 1.807) is 13.8 Å². The maximum atomic E-state index is 13.4. The van der Waals surface area contributed by atoms with Crippen LogP contribution < -0.4 is 10.6 Å². The van der Waals surface area contributed by atoms with Crippen LogP contribution in [0.3, 0.4) is 0 Å². The molecule has 0 aliphatic carbocycles. The Hall–Kier alpha value is -2.51. The topological polar surface area (TPSA) is 84.5 Å². The summed E-state index contributed by atoms with van der Waals surface area (Å²) >= 11 is 0. The molecule has 1 aromatic rings. The summed E-state index contributed by atoms with van der Waals surface area (Å²) in [5, 5.41) is 4.39. The van der Waals surface area contributed by atoms with Crippen molar-refractivity contribution in [3.63, 3.8) is 0 Å². The molecule has 0 heterocycles. The monoisotopic (exact) mass is 314 g/mol. The highest BCUT2D eigenvalue weighted by Gasteiger charge is 2.22. The fourth-order valence-corrected chi connectivity index (χ4v) is 1.44. The van der Waals surface area contributed by atoms with Crippen LogP contribution in [-0.2, 0) is 9.53 Å². The summed E-state index contributed by atoms with van der Waals surface area (Å²) in [5.74, 6) is -3.95. The first kappa shape index (κ1) is 17.5. The van der Waals surface area contributed by atoms with Crippen molar-refractivity contribution in [1.82, 2.24) is 10.6 Å². The smallest absolute Gasteiger partial charge is 0.341 e. The molecule has 0 spiro atoms. The van der Waals surface area contributed by atoms with Crippen molar-refractivity contribution in [3.8, 4) is 0 Å². The Balaban J connectivity index is 2.63. The summed E-state index contributed by atoms with van der Waals surface area (Å²) in [6.45, 7) is 4.62. The van der Waals surface area contributed by atoms with Gasteiger partial charge in [0.15, 0.2) is 6.10 Å². The number of urea groups is 1. The summed E-state index contributed by atoms with van der Waals surface area (Å²) in [4.78, 5) is 34.7. The number of amides is 3. The van der Waals surface area contributed by atoms with Crippen LogP contribution in [0.5, 0.6) is 0 Å². The lowest BCUT2D eigenvalue weighted by Crippen LogP contribution is -2.46. The lowest BCUT2D eigenvalue weighted by molar-refractivity contribution is -0.127. The Kier molecular flexibility index (Phi) is 5.97. The molecule has 3 amide bonds. The zero-order chi connectivity index (χ0) is 16.9. The van der Waals surface area contributed by atoms with Gasteiger partial charge in [0.25, 0.3) is 5.91 Å². The number of imide groups is 1. The summed E-state index contributed by atoms with van der Waals surface area (Å²) in [6, 6.07) is 1.40. The third kappa shape index (κ3) is 5.12. The van der Waals surface area contributed by atoms with Crippen LogP contribution in [0.1, 0.15) is 31.1 Å². The minimum absolute atomic E-state index is 0.182. The van der Waals surface area contributed by atoms with Gasteiger partial charge in [-0.25, -0.2) is 18.4 Å². The van der Waals surface area contributed by atoms with E-state index in [1.165, 1.54) is 6.92 Å². The number of hydrogen-bond donors (Lipinski definition) is 2. The number of benzene rings is 1. The van der Waals surface area contributed by atoms with Crippen LogP contribution in [0.2, 0.25) is 0 Å². The van der Waals surface area contributed by atoms with E-state index in [0.717, 1.165) is 12.1 Å². The predicted octanol–water partition coefficient (Wildman–Crippen LogP) is 1.74. The Morgan fingerprint density at radius 3 is 2.32 bits per heavy atom. The minimum Gasteiger partial charge on any atom is -0.449 e. The molecule has 0 fully saturated rings. The van der Waals surface area contributed by atoms with E-state index in [0.29, 0.717) is 6.07 Å². The number of carbonyl (C=O) groups excluding carboxylic acids is 3. The number of nitrogens with one attached hydrogen (secondary N) is 2. The minimum atomic E-state index is -1.32. The van der Waals surface area contributed by atoms with Crippen LogP contribution >= 0.6 is 0 Å². The molecule has 22 heavy (non-hydrogen) atoms. The molecule has 2 N–H and O–H groups in total. The van der Waals surface area contributed by atoms with Crippen molar-refractivity contribution in [2.75, 3.05) is 0 Å². The summed E-state index contributed by atoms with van der Waals surface area (Å²) < 4.78 is 30.9. The van der Waals surface area contributed by atoms with E-state index < -0.39 is 41.2 Å². The fourth-order valence-electron chi connectivity index (χ4n) is 1.44. The quantitative estimate of drug-likeness (QED) is 0.829. The first-order valence-corrected chi connectivity index (χ1v) is 6.48. The van der Waals surface area contributed by atoms with Crippen molar-refractivity contribution < 1.29 is 27.9 Å². The number of ether oxygens (including phenoxy) is 1. The van der Waals surface area contributed by atoms with Crippen LogP contribution in [0, 0.1) is 11.6 Å². The van der Waals surface area contributed by atoms with E-state index in [-0.39, 0.29) is 6.04 Å². The highest BCUT2D eigenvalue weighted by Crippen LogP contribution is 2.11. The second-order valence-electron chi connectivity index (χ2n) is 4.79. The lowest BCUT2D eigenvalue weighted by atomic mass is 10.2. The summed E-state index contributed by atoms with van der Waals surface area (Å²) in [7, 11) is 0. The highest BCUT2D eigenvalue weighted by atomic mass is 19.1.